The fourth-order valence-corrected chi connectivity index (χ4v) is 8.19. The minimum atomic E-state index is -3.83. The van der Waals surface area contributed by atoms with Crippen LogP contribution >= 0.6 is 0 Å². The Bertz CT molecular complexity index is 1660. The summed E-state index contributed by atoms with van der Waals surface area (Å²) in [6.07, 6.45) is 8.69. The van der Waals surface area contributed by atoms with E-state index >= 15 is 0 Å². The molecule has 1 saturated heterocycles. The number of carbonyl (C=O) groups is 3. The summed E-state index contributed by atoms with van der Waals surface area (Å²) in [4.78, 5) is 47.5. The molecule has 46 heavy (non-hydrogen) atoms. The normalized spacial score (nSPS) is 32.7. The predicted molar refractivity (Wildman–Crippen MR) is 171 cm³/mol. The van der Waals surface area contributed by atoms with Crippen LogP contribution in [0, 0.1) is 17.8 Å². The molecular weight excluding hydrogens is 610 g/mol. The van der Waals surface area contributed by atoms with Crippen LogP contribution in [0.15, 0.2) is 42.6 Å². The number of fused-ring (bicyclic) bond motifs is 3. The molecule has 0 bridgehead atoms. The number of hydrogen-bond donors (Lipinski definition) is 3. The number of hydrogen-bond acceptors (Lipinski definition) is 9. The van der Waals surface area contributed by atoms with E-state index in [1.807, 2.05) is 43.3 Å². The van der Waals surface area contributed by atoms with Crippen molar-refractivity contribution in [3.8, 4) is 11.6 Å². The predicted octanol–water partition coefficient (Wildman–Crippen LogP) is 2.41. The Balaban J connectivity index is 1.29. The zero-order valence-corrected chi connectivity index (χ0v) is 27.3. The first-order valence-electron chi connectivity index (χ1n) is 16.1. The van der Waals surface area contributed by atoms with Crippen molar-refractivity contribution in [2.75, 3.05) is 13.7 Å². The minimum absolute atomic E-state index is 0.0969. The second-order valence-corrected chi connectivity index (χ2v) is 15.4. The van der Waals surface area contributed by atoms with Crippen LogP contribution in [0.25, 0.3) is 10.8 Å². The van der Waals surface area contributed by atoms with E-state index in [0.29, 0.717) is 30.4 Å². The zero-order chi connectivity index (χ0) is 32.8. The first-order chi connectivity index (χ1) is 21.9. The summed E-state index contributed by atoms with van der Waals surface area (Å²) in [5.74, 6) is -0.821. The topological polar surface area (TPSA) is 170 Å². The van der Waals surface area contributed by atoms with Gasteiger partial charge in [-0.3, -0.25) is 19.1 Å². The van der Waals surface area contributed by atoms with Crippen molar-refractivity contribution in [2.45, 2.75) is 87.8 Å². The number of pyridine rings is 1. The van der Waals surface area contributed by atoms with E-state index in [9.17, 15) is 22.8 Å². The molecule has 0 spiro atoms. The number of benzene rings is 1. The molecule has 3 amide bonds. The van der Waals surface area contributed by atoms with Gasteiger partial charge < -0.3 is 25.4 Å². The number of rotatable bonds is 6. The number of methoxy groups -OCH3 is 1. The fraction of sp³-hybridized carbons (Fsp3) is 0.576. The molecule has 3 heterocycles. The summed E-state index contributed by atoms with van der Waals surface area (Å²) in [6, 6.07) is 5.55. The molecular formula is C33H43N5O7S. The molecule has 13 heteroatoms. The Morgan fingerprint density at radius 1 is 1.15 bits per heavy atom. The maximum atomic E-state index is 14.1. The third kappa shape index (κ3) is 6.44. The van der Waals surface area contributed by atoms with Crippen LogP contribution < -0.4 is 25.2 Å². The van der Waals surface area contributed by atoms with Gasteiger partial charge in [-0.05, 0) is 80.0 Å². The van der Waals surface area contributed by atoms with E-state index in [1.165, 1.54) is 4.90 Å². The van der Waals surface area contributed by atoms with E-state index in [0.717, 1.165) is 30.0 Å². The van der Waals surface area contributed by atoms with Crippen molar-refractivity contribution in [1.29, 1.82) is 0 Å². The standard InChI is InChI=1S/C33H43N5O7S/c1-19-6-4-5-7-22-17-33(22,32(41)37-46(42,43)25-9-10-25)36-29(39)27-16-24(18-38(27)31(40)28(34)20(2)14-19)45-30-26-11-8-23(44-3)15-21(26)12-13-35-30/h5,7-8,11-13,15,19-20,22,24-25,27-28H,4,6,9-10,14,16-18,34H2,1-3H3,(H,36,39)(H,37,41)/b7-5-/t19-,20-,22-,24-,27+,28+,33-/m1/s1. The van der Waals surface area contributed by atoms with Crippen LogP contribution in [0.5, 0.6) is 11.6 Å². The van der Waals surface area contributed by atoms with E-state index in [1.54, 1.807) is 13.3 Å². The van der Waals surface area contributed by atoms with E-state index < -0.39 is 50.8 Å². The van der Waals surface area contributed by atoms with Crippen molar-refractivity contribution in [3.05, 3.63) is 42.6 Å². The second-order valence-electron chi connectivity index (χ2n) is 13.5. The SMILES string of the molecule is COc1ccc2c(O[C@@H]3C[C@H]4C(=O)N[C@]5(C(=O)NS(=O)(=O)C6CC6)C[C@H]5/C=C\CC[C@@H](C)C[C@@H](C)[C@H](N)C(=O)N4C3)nccc2c1. The van der Waals surface area contributed by atoms with Crippen LogP contribution in [0.4, 0.5) is 0 Å². The lowest BCUT2D eigenvalue weighted by Gasteiger charge is -2.30. The average Bonchev–Trinajstić information content (AvgIpc) is 3.95. The molecule has 12 nitrogen and oxygen atoms in total. The summed E-state index contributed by atoms with van der Waals surface area (Å²) in [6.45, 7) is 4.17. The van der Waals surface area contributed by atoms with Gasteiger partial charge in [-0.15, -0.1) is 0 Å². The summed E-state index contributed by atoms with van der Waals surface area (Å²) in [5, 5.41) is 3.91. The Morgan fingerprint density at radius 2 is 1.93 bits per heavy atom. The van der Waals surface area contributed by atoms with Gasteiger partial charge in [-0.1, -0.05) is 26.0 Å². The van der Waals surface area contributed by atoms with Crippen molar-refractivity contribution in [1.82, 2.24) is 19.9 Å². The van der Waals surface area contributed by atoms with Crippen molar-refractivity contribution >= 4 is 38.5 Å². The molecule has 3 fully saturated rings. The zero-order valence-electron chi connectivity index (χ0n) is 26.5. The summed E-state index contributed by atoms with van der Waals surface area (Å²) < 4.78 is 39.3. The number of aromatic nitrogens is 1. The molecule has 2 aromatic rings. The Labute approximate surface area is 269 Å². The van der Waals surface area contributed by atoms with Gasteiger partial charge >= 0.3 is 0 Å². The molecule has 2 saturated carbocycles. The lowest BCUT2D eigenvalue weighted by atomic mass is 9.88. The van der Waals surface area contributed by atoms with Crippen molar-refractivity contribution in [2.24, 2.45) is 23.5 Å². The van der Waals surface area contributed by atoms with E-state index in [-0.39, 0.29) is 37.1 Å². The van der Waals surface area contributed by atoms with Gasteiger partial charge in [0.05, 0.1) is 24.9 Å². The Morgan fingerprint density at radius 3 is 2.67 bits per heavy atom. The molecule has 6 rings (SSSR count). The number of amides is 3. The highest BCUT2D eigenvalue weighted by molar-refractivity contribution is 7.91. The highest BCUT2D eigenvalue weighted by Crippen LogP contribution is 2.46. The maximum absolute atomic E-state index is 14.1. The molecule has 1 aromatic carbocycles. The molecule has 1 aromatic heterocycles. The van der Waals surface area contributed by atoms with Crippen LogP contribution in [0.1, 0.15) is 58.8 Å². The highest BCUT2D eigenvalue weighted by atomic mass is 32.2. The summed E-state index contributed by atoms with van der Waals surface area (Å²) in [5.41, 5.74) is 5.12. The number of nitrogens with two attached hydrogens (primary N) is 1. The number of carbonyl (C=O) groups excluding carboxylic acids is 3. The summed E-state index contributed by atoms with van der Waals surface area (Å²) in [7, 11) is -2.24. The summed E-state index contributed by atoms with van der Waals surface area (Å²) >= 11 is 0. The molecule has 2 aliphatic heterocycles. The molecule has 2 aliphatic carbocycles. The Kier molecular flexibility index (Phi) is 8.75. The number of nitrogens with zero attached hydrogens (tertiary/aromatic N) is 2. The highest BCUT2D eigenvalue weighted by Gasteiger charge is 2.62. The molecule has 4 N–H and O–H groups in total. The average molecular weight is 654 g/mol. The smallest absolute Gasteiger partial charge is 0.259 e. The van der Waals surface area contributed by atoms with Gasteiger partial charge in [0.1, 0.15) is 23.4 Å². The first kappa shape index (κ1) is 32.2. The van der Waals surface area contributed by atoms with Gasteiger partial charge in [-0.2, -0.15) is 0 Å². The second kappa shape index (κ2) is 12.5. The van der Waals surface area contributed by atoms with Crippen LogP contribution in [-0.4, -0.2) is 78.7 Å². The molecule has 0 radical (unpaired) electrons. The quantitative estimate of drug-likeness (QED) is 0.396. The van der Waals surface area contributed by atoms with E-state index in [2.05, 4.69) is 21.9 Å². The first-order valence-corrected chi connectivity index (χ1v) is 17.7. The van der Waals surface area contributed by atoms with Gasteiger partial charge in [-0.25, -0.2) is 13.4 Å². The van der Waals surface area contributed by atoms with Crippen molar-refractivity contribution < 1.29 is 32.3 Å². The van der Waals surface area contributed by atoms with Crippen LogP contribution in [-0.2, 0) is 24.4 Å². The van der Waals surface area contributed by atoms with Gasteiger partial charge in [0.2, 0.25) is 27.7 Å². The van der Waals surface area contributed by atoms with Gasteiger partial charge in [0.25, 0.3) is 5.91 Å². The molecule has 4 aliphatic rings. The largest absolute Gasteiger partial charge is 0.497 e. The molecule has 248 valence electrons. The third-order valence-corrected chi connectivity index (χ3v) is 11.7. The van der Waals surface area contributed by atoms with Crippen LogP contribution in [0.2, 0.25) is 0 Å². The monoisotopic (exact) mass is 653 g/mol. The number of sulfonamides is 1. The lowest BCUT2D eigenvalue weighted by molar-refractivity contribution is -0.141. The van der Waals surface area contributed by atoms with Gasteiger partial charge in [0.15, 0.2) is 0 Å². The Hall–Kier alpha value is -3.71. The number of nitrogens with one attached hydrogen (secondary N) is 2. The van der Waals surface area contributed by atoms with Crippen molar-refractivity contribution in [3.63, 3.8) is 0 Å². The molecule has 7 atom stereocenters. The fourth-order valence-electron chi connectivity index (χ4n) is 6.82. The lowest BCUT2D eigenvalue weighted by Crippen LogP contribution is -2.58. The minimum Gasteiger partial charge on any atom is -0.497 e. The number of ether oxygens (including phenoxy) is 2. The van der Waals surface area contributed by atoms with E-state index in [4.69, 9.17) is 15.2 Å². The van der Waals surface area contributed by atoms with Crippen LogP contribution in [0.3, 0.4) is 0 Å². The molecule has 0 unspecified atom stereocenters. The number of allylic oxidation sites excluding steroid dienone is 1. The third-order valence-electron chi connectivity index (χ3n) is 9.89. The van der Waals surface area contributed by atoms with Gasteiger partial charge in [0, 0.05) is 23.9 Å². The maximum Gasteiger partial charge on any atom is 0.259 e.